The van der Waals surface area contributed by atoms with Gasteiger partial charge in [-0.15, -0.1) is 0 Å². The molecule has 0 aliphatic carbocycles. The second-order valence-electron chi connectivity index (χ2n) is 4.50. The third-order valence-electron chi connectivity index (χ3n) is 3.21. The number of carboxylic acid groups (broad SMARTS) is 1. The number of carbonyl (C=O) groups is 1. The Morgan fingerprint density at radius 3 is 2.43 bits per heavy atom. The average Bonchev–Trinajstić information content (AvgIpc) is 2.46. The number of benzene rings is 2. The summed E-state index contributed by atoms with van der Waals surface area (Å²) in [5.41, 5.74) is 1.38. The fraction of sp³-hybridized carbons (Fsp3) is 0. The van der Waals surface area contributed by atoms with Crippen LogP contribution in [0, 0.1) is 0 Å². The van der Waals surface area contributed by atoms with Gasteiger partial charge in [0, 0.05) is 17.1 Å². The van der Waals surface area contributed by atoms with E-state index in [0.717, 1.165) is 5.39 Å². The quantitative estimate of drug-likeness (QED) is 0.730. The Morgan fingerprint density at radius 1 is 1.05 bits per heavy atom. The normalized spacial score (nSPS) is 10.8. The van der Waals surface area contributed by atoms with E-state index in [-0.39, 0.29) is 5.56 Å². The molecular formula is C16H9Cl2NO2. The maximum absolute atomic E-state index is 11.2. The van der Waals surface area contributed by atoms with Crippen LogP contribution in [0.5, 0.6) is 0 Å². The third kappa shape index (κ3) is 2.46. The Morgan fingerprint density at radius 2 is 1.76 bits per heavy atom. The van der Waals surface area contributed by atoms with Crippen molar-refractivity contribution in [1.29, 1.82) is 0 Å². The number of halogens is 2. The maximum Gasteiger partial charge on any atom is 0.335 e. The van der Waals surface area contributed by atoms with Gasteiger partial charge in [0.25, 0.3) is 0 Å². The van der Waals surface area contributed by atoms with Gasteiger partial charge in [0.05, 0.1) is 21.3 Å². The first-order valence-corrected chi connectivity index (χ1v) is 6.90. The molecule has 0 saturated carbocycles. The highest BCUT2D eigenvalue weighted by molar-refractivity contribution is 6.39. The van der Waals surface area contributed by atoms with Gasteiger partial charge >= 0.3 is 5.97 Å². The lowest BCUT2D eigenvalue weighted by atomic mass is 10.0. The van der Waals surface area contributed by atoms with Gasteiger partial charge in [0.2, 0.25) is 0 Å². The van der Waals surface area contributed by atoms with Crippen LogP contribution in [-0.2, 0) is 0 Å². The van der Waals surface area contributed by atoms with Gasteiger partial charge in [-0.25, -0.2) is 4.79 Å². The van der Waals surface area contributed by atoms with Gasteiger partial charge in [-0.3, -0.25) is 4.98 Å². The second kappa shape index (κ2) is 5.35. The Labute approximate surface area is 130 Å². The summed E-state index contributed by atoms with van der Waals surface area (Å²) in [6.07, 6.45) is 1.65. The van der Waals surface area contributed by atoms with Crippen molar-refractivity contribution in [1.82, 2.24) is 4.98 Å². The van der Waals surface area contributed by atoms with Crippen LogP contribution in [0.4, 0.5) is 0 Å². The molecule has 0 atom stereocenters. The molecule has 21 heavy (non-hydrogen) atoms. The smallest absolute Gasteiger partial charge is 0.335 e. The molecule has 2 aromatic carbocycles. The fourth-order valence-electron chi connectivity index (χ4n) is 2.22. The van der Waals surface area contributed by atoms with Crippen molar-refractivity contribution in [2.75, 3.05) is 0 Å². The van der Waals surface area contributed by atoms with Gasteiger partial charge in [-0.05, 0) is 35.7 Å². The summed E-state index contributed by atoms with van der Waals surface area (Å²) in [5.74, 6) is -0.989. The molecule has 3 aromatic rings. The van der Waals surface area contributed by atoms with Gasteiger partial charge in [-0.1, -0.05) is 35.3 Å². The minimum absolute atomic E-state index is 0.194. The Bertz CT molecular complexity index is 842. The van der Waals surface area contributed by atoms with Crippen LogP contribution in [-0.4, -0.2) is 16.1 Å². The van der Waals surface area contributed by atoms with E-state index in [2.05, 4.69) is 4.98 Å². The lowest BCUT2D eigenvalue weighted by Gasteiger charge is -2.10. The molecule has 3 nitrogen and oxygen atoms in total. The second-order valence-corrected chi connectivity index (χ2v) is 5.31. The van der Waals surface area contributed by atoms with E-state index in [0.29, 0.717) is 26.7 Å². The number of fused-ring (bicyclic) bond motifs is 1. The molecular weight excluding hydrogens is 309 g/mol. The number of pyridine rings is 1. The third-order valence-corrected chi connectivity index (χ3v) is 3.84. The van der Waals surface area contributed by atoms with E-state index in [1.54, 1.807) is 42.6 Å². The van der Waals surface area contributed by atoms with Crippen molar-refractivity contribution in [2.24, 2.45) is 0 Å². The topological polar surface area (TPSA) is 50.2 Å². The first-order valence-electron chi connectivity index (χ1n) is 6.14. The summed E-state index contributed by atoms with van der Waals surface area (Å²) in [6, 6.07) is 11.9. The van der Waals surface area contributed by atoms with Crippen LogP contribution in [0.25, 0.3) is 22.0 Å². The van der Waals surface area contributed by atoms with Crippen LogP contribution < -0.4 is 0 Å². The molecule has 1 heterocycles. The van der Waals surface area contributed by atoms with Gasteiger partial charge < -0.3 is 5.11 Å². The van der Waals surface area contributed by atoms with E-state index in [9.17, 15) is 4.79 Å². The van der Waals surface area contributed by atoms with E-state index in [4.69, 9.17) is 28.3 Å². The van der Waals surface area contributed by atoms with E-state index in [1.165, 1.54) is 0 Å². The molecule has 3 rings (SSSR count). The molecule has 1 aromatic heterocycles. The molecule has 1 N–H and O–H groups in total. The zero-order valence-electron chi connectivity index (χ0n) is 10.7. The molecule has 0 bridgehead atoms. The van der Waals surface area contributed by atoms with Crippen LogP contribution in [0.2, 0.25) is 10.0 Å². The summed E-state index contributed by atoms with van der Waals surface area (Å²) in [5, 5.41) is 11.7. The lowest BCUT2D eigenvalue weighted by molar-refractivity contribution is 0.0697. The monoisotopic (exact) mass is 317 g/mol. The number of carboxylic acids is 1. The number of rotatable bonds is 2. The Hall–Kier alpha value is -2.10. The maximum atomic E-state index is 11.2. The minimum atomic E-state index is -0.989. The number of hydrogen-bond donors (Lipinski definition) is 1. The predicted molar refractivity (Wildman–Crippen MR) is 84.2 cm³/mol. The SMILES string of the molecule is O=C(O)c1ccc2ccnc(-c3c(Cl)cccc3Cl)c2c1. The van der Waals surface area contributed by atoms with Crippen molar-refractivity contribution in [2.45, 2.75) is 0 Å². The van der Waals surface area contributed by atoms with Crippen LogP contribution in [0.1, 0.15) is 10.4 Å². The molecule has 5 heteroatoms. The number of nitrogens with zero attached hydrogens (tertiary/aromatic N) is 1. The molecule has 0 radical (unpaired) electrons. The molecule has 104 valence electrons. The summed E-state index contributed by atoms with van der Waals surface area (Å²) in [6.45, 7) is 0. The first kappa shape index (κ1) is 13.9. The molecule has 0 unspecified atom stereocenters. The van der Waals surface area contributed by atoms with Gasteiger partial charge in [-0.2, -0.15) is 0 Å². The van der Waals surface area contributed by atoms with Crippen LogP contribution >= 0.6 is 23.2 Å². The highest BCUT2D eigenvalue weighted by Gasteiger charge is 2.14. The standard InChI is InChI=1S/C16H9Cl2NO2/c17-12-2-1-3-13(18)14(12)15-11-8-10(16(20)21)5-4-9(11)6-7-19-15/h1-8H,(H,20,21). The van der Waals surface area contributed by atoms with Crippen molar-refractivity contribution in [3.8, 4) is 11.3 Å². The number of aromatic nitrogens is 1. The van der Waals surface area contributed by atoms with Gasteiger partial charge in [0.1, 0.15) is 0 Å². The van der Waals surface area contributed by atoms with Crippen molar-refractivity contribution in [3.05, 3.63) is 64.3 Å². The summed E-state index contributed by atoms with van der Waals surface area (Å²) >= 11 is 12.5. The predicted octanol–water partition coefficient (Wildman–Crippen LogP) is 4.91. The largest absolute Gasteiger partial charge is 0.478 e. The van der Waals surface area contributed by atoms with Crippen molar-refractivity contribution < 1.29 is 9.90 Å². The highest BCUT2D eigenvalue weighted by atomic mass is 35.5. The molecule has 0 saturated heterocycles. The van der Waals surface area contributed by atoms with E-state index in [1.807, 2.05) is 6.07 Å². The number of hydrogen-bond acceptors (Lipinski definition) is 2. The summed E-state index contributed by atoms with van der Waals surface area (Å²) in [7, 11) is 0. The highest BCUT2D eigenvalue weighted by Crippen LogP contribution is 2.37. The first-order chi connectivity index (χ1) is 10.1. The zero-order valence-corrected chi connectivity index (χ0v) is 12.2. The lowest BCUT2D eigenvalue weighted by Crippen LogP contribution is -1.96. The summed E-state index contributed by atoms with van der Waals surface area (Å²) in [4.78, 5) is 15.5. The van der Waals surface area contributed by atoms with Crippen molar-refractivity contribution in [3.63, 3.8) is 0 Å². The Kier molecular flexibility index (Phi) is 3.53. The van der Waals surface area contributed by atoms with E-state index >= 15 is 0 Å². The molecule has 0 aliphatic heterocycles. The van der Waals surface area contributed by atoms with Crippen molar-refractivity contribution >= 4 is 39.9 Å². The van der Waals surface area contributed by atoms with Crippen LogP contribution in [0.3, 0.4) is 0 Å². The molecule has 0 fully saturated rings. The van der Waals surface area contributed by atoms with Crippen LogP contribution in [0.15, 0.2) is 48.7 Å². The number of aromatic carboxylic acids is 1. The van der Waals surface area contributed by atoms with Gasteiger partial charge in [0.15, 0.2) is 0 Å². The fourth-order valence-corrected chi connectivity index (χ4v) is 2.80. The van der Waals surface area contributed by atoms with E-state index < -0.39 is 5.97 Å². The zero-order chi connectivity index (χ0) is 15.0. The molecule has 0 aliphatic rings. The molecule has 0 amide bonds. The minimum Gasteiger partial charge on any atom is -0.478 e. The molecule has 0 spiro atoms. The average molecular weight is 318 g/mol. The summed E-state index contributed by atoms with van der Waals surface area (Å²) < 4.78 is 0. The Balaban J connectivity index is 2.37.